The Bertz CT molecular complexity index is 1470. The van der Waals surface area contributed by atoms with Crippen molar-refractivity contribution in [2.75, 3.05) is 43.1 Å². The molecule has 0 radical (unpaired) electrons. The molecule has 38 heavy (non-hydrogen) atoms. The molecule has 1 aromatic heterocycles. The van der Waals surface area contributed by atoms with Gasteiger partial charge in [-0.15, -0.1) is 0 Å². The zero-order valence-electron chi connectivity index (χ0n) is 24.1. The Kier molecular flexibility index (Phi) is 5.41. The van der Waals surface area contributed by atoms with Crippen molar-refractivity contribution in [3.63, 3.8) is 0 Å². The molecule has 2 N–H and O–H groups in total. The molecular weight excluding hydrogens is 480 g/mol. The highest BCUT2D eigenvalue weighted by molar-refractivity contribution is 6.02. The van der Waals surface area contributed by atoms with Crippen LogP contribution < -0.4 is 20.3 Å². The Morgan fingerprint density at radius 3 is 2.68 bits per heavy atom. The number of carbonyl (C=O) groups is 2. The van der Waals surface area contributed by atoms with Gasteiger partial charge in [-0.05, 0) is 61.6 Å². The molecule has 6 rings (SSSR count). The van der Waals surface area contributed by atoms with E-state index < -0.39 is 24.7 Å². The number of aromatic nitrogens is 1. The van der Waals surface area contributed by atoms with Gasteiger partial charge in [-0.3, -0.25) is 14.6 Å². The van der Waals surface area contributed by atoms with Gasteiger partial charge in [0.15, 0.2) is 0 Å². The molecule has 1 unspecified atom stereocenters. The third-order valence-electron chi connectivity index (χ3n) is 8.00. The van der Waals surface area contributed by atoms with Crippen LogP contribution in [0.4, 0.5) is 11.4 Å². The van der Waals surface area contributed by atoms with Crippen LogP contribution in [-0.2, 0) is 16.0 Å². The topological polar surface area (TPSA) is 98.0 Å². The minimum atomic E-state index is -2.76. The normalized spacial score (nSPS) is 21.9. The Balaban J connectivity index is 1.38. The summed E-state index contributed by atoms with van der Waals surface area (Å²) in [6.07, 6.45) is 4.08. The number of likely N-dealkylation sites (N-methyl/N-ethyl adjacent to an activating group) is 1. The van der Waals surface area contributed by atoms with Crippen LogP contribution in [0.3, 0.4) is 0 Å². The van der Waals surface area contributed by atoms with E-state index in [-0.39, 0.29) is 28.8 Å². The van der Waals surface area contributed by atoms with Crippen molar-refractivity contribution in [1.82, 2.24) is 4.98 Å². The first-order valence-corrected chi connectivity index (χ1v) is 13.0. The molecular formula is C30H32N4O4. The summed E-state index contributed by atoms with van der Waals surface area (Å²) in [5.74, 6) is -1.77. The average molecular weight is 516 g/mol. The van der Waals surface area contributed by atoms with Crippen molar-refractivity contribution in [3.05, 3.63) is 77.6 Å². The summed E-state index contributed by atoms with van der Waals surface area (Å²) in [7, 11) is 0. The molecule has 3 aliphatic heterocycles. The first kappa shape index (κ1) is 21.1. The van der Waals surface area contributed by atoms with Gasteiger partial charge in [0.05, 0.1) is 5.92 Å². The number of rotatable bonds is 5. The highest BCUT2D eigenvalue weighted by Gasteiger charge is 2.44. The van der Waals surface area contributed by atoms with Gasteiger partial charge in [0.25, 0.3) is 5.91 Å². The number of benzene rings is 2. The van der Waals surface area contributed by atoms with Crippen LogP contribution in [0.25, 0.3) is 0 Å². The SMILES string of the molecule is [2H]C([2H])([2H])N1C(=O)C(c2c(Oc3ccccc3)ccnc2C(N)=O)CCc2ccc(N3CC4(CCOCC4)C3)cc21. The lowest BCUT2D eigenvalue weighted by atomic mass is 9.73. The maximum atomic E-state index is 14.2. The van der Waals surface area contributed by atoms with Crippen LogP contribution in [-0.4, -0.2) is 50.1 Å². The molecule has 2 fully saturated rings. The van der Waals surface area contributed by atoms with Crippen molar-refractivity contribution < 1.29 is 23.2 Å². The molecule has 8 nitrogen and oxygen atoms in total. The molecule has 0 aliphatic carbocycles. The monoisotopic (exact) mass is 515 g/mol. The minimum absolute atomic E-state index is 0.115. The smallest absolute Gasteiger partial charge is 0.267 e. The van der Waals surface area contributed by atoms with Crippen molar-refractivity contribution in [2.45, 2.75) is 31.6 Å². The molecule has 0 bridgehead atoms. The molecule has 196 valence electrons. The Hall–Kier alpha value is -3.91. The van der Waals surface area contributed by atoms with E-state index >= 15 is 0 Å². The number of nitrogens with zero attached hydrogens (tertiary/aromatic N) is 3. The first-order valence-electron chi connectivity index (χ1n) is 14.5. The Labute approximate surface area is 226 Å². The molecule has 2 saturated heterocycles. The number of para-hydroxylation sites is 1. The third-order valence-corrected chi connectivity index (χ3v) is 8.00. The second-order valence-corrected chi connectivity index (χ2v) is 10.4. The number of nitrogens with two attached hydrogens (primary N) is 1. The van der Waals surface area contributed by atoms with Crippen molar-refractivity contribution in [2.24, 2.45) is 11.1 Å². The maximum Gasteiger partial charge on any atom is 0.267 e. The fourth-order valence-corrected chi connectivity index (χ4v) is 5.89. The van der Waals surface area contributed by atoms with Crippen LogP contribution in [0.5, 0.6) is 11.5 Å². The number of aryl methyl sites for hydroxylation is 1. The van der Waals surface area contributed by atoms with Crippen LogP contribution >= 0.6 is 0 Å². The van der Waals surface area contributed by atoms with E-state index in [2.05, 4.69) is 9.88 Å². The van der Waals surface area contributed by atoms with E-state index in [1.54, 1.807) is 30.3 Å². The summed E-state index contributed by atoms with van der Waals surface area (Å²) in [6, 6.07) is 16.2. The summed E-state index contributed by atoms with van der Waals surface area (Å²) in [5, 5.41) is 0. The molecule has 3 aromatic rings. The molecule has 8 heteroatoms. The molecule has 2 amide bonds. The van der Waals surface area contributed by atoms with Gasteiger partial charge in [-0.2, -0.15) is 0 Å². The molecule has 2 aromatic carbocycles. The number of hydrogen-bond donors (Lipinski definition) is 1. The number of ether oxygens (including phenoxy) is 2. The van der Waals surface area contributed by atoms with E-state index in [0.717, 1.165) is 55.3 Å². The van der Waals surface area contributed by atoms with Gasteiger partial charge in [0.2, 0.25) is 5.91 Å². The number of hydrogen-bond acceptors (Lipinski definition) is 6. The summed E-state index contributed by atoms with van der Waals surface area (Å²) in [5.41, 5.74) is 8.00. The van der Waals surface area contributed by atoms with E-state index in [9.17, 15) is 9.59 Å². The molecule has 3 aliphatic rings. The van der Waals surface area contributed by atoms with Crippen molar-refractivity contribution in [1.29, 1.82) is 0 Å². The van der Waals surface area contributed by atoms with Gasteiger partial charge in [-0.25, -0.2) is 0 Å². The number of pyridine rings is 1. The van der Waals surface area contributed by atoms with Gasteiger partial charge < -0.3 is 25.0 Å². The number of carbonyl (C=O) groups excluding carboxylic acids is 2. The third kappa shape index (κ3) is 4.39. The standard InChI is InChI=1S/C30H32N4O4/c1-33-24-17-21(34-18-30(19-34)12-15-37-16-13-30)9-7-20(24)8-10-23(29(33)36)26-25(11-14-32-27(26)28(31)35)38-22-5-3-2-4-6-22/h2-7,9,11,14,17,23H,8,10,12-13,15-16,18-19H2,1H3,(H2,31,35)/i1D3. The summed E-state index contributed by atoms with van der Waals surface area (Å²) in [4.78, 5) is 34.0. The van der Waals surface area contributed by atoms with Gasteiger partial charge in [0.1, 0.15) is 17.2 Å². The van der Waals surface area contributed by atoms with Crippen LogP contribution in [0.2, 0.25) is 0 Å². The Morgan fingerprint density at radius 1 is 1.16 bits per heavy atom. The van der Waals surface area contributed by atoms with Crippen LogP contribution in [0.1, 0.15) is 50.9 Å². The molecule has 0 saturated carbocycles. The largest absolute Gasteiger partial charge is 0.457 e. The summed E-state index contributed by atoms with van der Waals surface area (Å²) < 4.78 is 36.7. The molecule has 1 spiro atoms. The van der Waals surface area contributed by atoms with E-state index in [0.29, 0.717) is 17.9 Å². The van der Waals surface area contributed by atoms with Gasteiger partial charge in [0, 0.05) is 65.9 Å². The summed E-state index contributed by atoms with van der Waals surface area (Å²) in [6.45, 7) is 0.505. The number of anilines is 2. The van der Waals surface area contributed by atoms with E-state index in [1.807, 2.05) is 24.3 Å². The lowest BCUT2D eigenvalue weighted by Crippen LogP contribution is -2.58. The van der Waals surface area contributed by atoms with E-state index in [4.69, 9.17) is 19.3 Å². The lowest BCUT2D eigenvalue weighted by molar-refractivity contribution is -0.119. The maximum absolute atomic E-state index is 14.2. The highest BCUT2D eigenvalue weighted by Crippen LogP contribution is 2.44. The van der Waals surface area contributed by atoms with Gasteiger partial charge >= 0.3 is 0 Å². The Morgan fingerprint density at radius 2 is 1.95 bits per heavy atom. The predicted octanol–water partition coefficient (Wildman–Crippen LogP) is 4.28. The second-order valence-electron chi connectivity index (χ2n) is 10.4. The first-order chi connectivity index (χ1) is 19.7. The average Bonchev–Trinajstić information content (AvgIpc) is 3.07. The molecule has 4 heterocycles. The van der Waals surface area contributed by atoms with Crippen molar-refractivity contribution >= 4 is 23.2 Å². The second kappa shape index (κ2) is 9.76. The van der Waals surface area contributed by atoms with Crippen LogP contribution in [0.15, 0.2) is 60.8 Å². The summed E-state index contributed by atoms with van der Waals surface area (Å²) >= 11 is 0. The van der Waals surface area contributed by atoms with E-state index in [1.165, 1.54) is 6.20 Å². The number of amides is 2. The zero-order valence-corrected chi connectivity index (χ0v) is 21.1. The van der Waals surface area contributed by atoms with Gasteiger partial charge in [-0.1, -0.05) is 24.3 Å². The zero-order chi connectivity index (χ0) is 28.8. The fraction of sp³-hybridized carbons (Fsp3) is 0.367. The highest BCUT2D eigenvalue weighted by atomic mass is 16.5. The van der Waals surface area contributed by atoms with Crippen molar-refractivity contribution in [3.8, 4) is 11.5 Å². The quantitative estimate of drug-likeness (QED) is 0.545. The minimum Gasteiger partial charge on any atom is -0.457 e. The predicted molar refractivity (Wildman–Crippen MR) is 145 cm³/mol. The lowest BCUT2D eigenvalue weighted by Gasteiger charge is -2.53. The fourth-order valence-electron chi connectivity index (χ4n) is 5.89. The van der Waals surface area contributed by atoms with Crippen LogP contribution in [0, 0.1) is 5.41 Å². The number of primary amides is 1. The number of fused-ring (bicyclic) bond motifs is 1. The molecule has 1 atom stereocenters.